The molecule has 6 nitrogen and oxygen atoms in total. The van der Waals surface area contributed by atoms with Gasteiger partial charge in [-0.25, -0.2) is 4.98 Å². The summed E-state index contributed by atoms with van der Waals surface area (Å²) in [6.07, 6.45) is 2.76. The van der Waals surface area contributed by atoms with Gasteiger partial charge in [0.25, 0.3) is 0 Å². The third-order valence-electron chi connectivity index (χ3n) is 4.21. The van der Waals surface area contributed by atoms with Crippen LogP contribution in [0.5, 0.6) is 0 Å². The van der Waals surface area contributed by atoms with Gasteiger partial charge in [0.05, 0.1) is 0 Å². The van der Waals surface area contributed by atoms with Gasteiger partial charge >= 0.3 is 0 Å². The van der Waals surface area contributed by atoms with Crippen molar-refractivity contribution in [3.05, 3.63) is 41.6 Å². The van der Waals surface area contributed by atoms with Crippen LogP contribution in [0.4, 0.5) is 17.5 Å². The summed E-state index contributed by atoms with van der Waals surface area (Å²) >= 11 is 6.10. The normalized spacial score (nSPS) is 14.6. The molecule has 1 fully saturated rings. The van der Waals surface area contributed by atoms with Crippen molar-refractivity contribution in [2.75, 3.05) is 61.6 Å². The van der Waals surface area contributed by atoms with Crippen LogP contribution in [0.25, 0.3) is 0 Å². The van der Waals surface area contributed by atoms with Gasteiger partial charge in [-0.15, -0.1) is 0 Å². The average molecular weight is 362 g/mol. The van der Waals surface area contributed by atoms with Gasteiger partial charge in [0.2, 0.25) is 5.95 Å². The molecule has 134 valence electrons. The molecule has 1 aliphatic rings. The second kappa shape index (κ2) is 8.87. The van der Waals surface area contributed by atoms with Crippen LogP contribution in [-0.2, 0) is 4.74 Å². The minimum atomic E-state index is 0.746. The number of hydrogen-bond donors (Lipinski definition) is 1. The lowest BCUT2D eigenvalue weighted by Crippen LogP contribution is -2.47. The molecule has 1 saturated heterocycles. The Morgan fingerprint density at radius 2 is 1.96 bits per heavy atom. The molecule has 1 aliphatic heterocycles. The number of anilines is 3. The summed E-state index contributed by atoms with van der Waals surface area (Å²) in [5, 5.41) is 4.09. The molecule has 0 spiro atoms. The molecular formula is C18H24ClN5O. The molecule has 3 rings (SSSR count). The molecule has 0 radical (unpaired) electrons. The zero-order chi connectivity index (χ0) is 17.5. The van der Waals surface area contributed by atoms with Crippen molar-refractivity contribution in [1.29, 1.82) is 0 Å². The van der Waals surface area contributed by atoms with Crippen LogP contribution in [0.1, 0.15) is 6.42 Å². The lowest BCUT2D eigenvalue weighted by molar-refractivity contribution is 0.198. The lowest BCUT2D eigenvalue weighted by Gasteiger charge is -2.36. The Bertz CT molecular complexity index is 676. The number of nitrogens with one attached hydrogen (secondary N) is 1. The van der Waals surface area contributed by atoms with E-state index in [1.54, 1.807) is 7.11 Å². The molecular weight excluding hydrogens is 338 g/mol. The first-order valence-electron chi connectivity index (χ1n) is 8.57. The number of aromatic nitrogens is 2. The highest BCUT2D eigenvalue weighted by molar-refractivity contribution is 6.30. The second-order valence-electron chi connectivity index (χ2n) is 5.97. The lowest BCUT2D eigenvalue weighted by atomic mass is 10.2. The molecule has 2 heterocycles. The van der Waals surface area contributed by atoms with E-state index < -0.39 is 0 Å². The molecule has 0 amide bonds. The number of nitrogens with zero attached hydrogens (tertiary/aromatic N) is 4. The van der Waals surface area contributed by atoms with E-state index in [-0.39, 0.29) is 0 Å². The van der Waals surface area contributed by atoms with E-state index in [9.17, 15) is 0 Å². The van der Waals surface area contributed by atoms with Crippen LogP contribution in [0.2, 0.25) is 5.02 Å². The molecule has 0 unspecified atom stereocenters. The van der Waals surface area contributed by atoms with Gasteiger partial charge < -0.3 is 19.9 Å². The quantitative estimate of drug-likeness (QED) is 0.765. The molecule has 1 aromatic carbocycles. The summed E-state index contributed by atoms with van der Waals surface area (Å²) in [7, 11) is 1.71. The summed E-state index contributed by atoms with van der Waals surface area (Å²) in [5.74, 6) is 1.64. The van der Waals surface area contributed by atoms with Crippen molar-refractivity contribution in [3.8, 4) is 0 Å². The molecule has 2 aromatic rings. The van der Waals surface area contributed by atoms with Crippen LogP contribution in [-0.4, -0.2) is 56.4 Å². The van der Waals surface area contributed by atoms with Gasteiger partial charge in [0, 0.05) is 63.3 Å². The van der Waals surface area contributed by atoms with Crippen molar-refractivity contribution >= 4 is 29.1 Å². The number of rotatable bonds is 7. The minimum absolute atomic E-state index is 0.746. The van der Waals surface area contributed by atoms with Gasteiger partial charge in [-0.3, -0.25) is 0 Å². The summed E-state index contributed by atoms with van der Waals surface area (Å²) in [6, 6.07) is 9.91. The molecule has 7 heteroatoms. The molecule has 0 saturated carbocycles. The highest BCUT2D eigenvalue weighted by atomic mass is 35.5. The Hall–Kier alpha value is -2.05. The topological polar surface area (TPSA) is 53.5 Å². The largest absolute Gasteiger partial charge is 0.385 e. The summed E-state index contributed by atoms with van der Waals surface area (Å²) in [4.78, 5) is 13.6. The van der Waals surface area contributed by atoms with E-state index in [0.717, 1.165) is 62.5 Å². The van der Waals surface area contributed by atoms with Gasteiger partial charge in [0.15, 0.2) is 0 Å². The number of ether oxygens (including phenoxy) is 1. The van der Waals surface area contributed by atoms with E-state index in [0.29, 0.717) is 0 Å². The number of halogens is 1. The fourth-order valence-corrected chi connectivity index (χ4v) is 3.05. The van der Waals surface area contributed by atoms with Crippen LogP contribution < -0.4 is 15.1 Å². The second-order valence-corrected chi connectivity index (χ2v) is 6.41. The molecule has 0 bridgehead atoms. The molecule has 0 atom stereocenters. The Morgan fingerprint density at radius 1 is 1.16 bits per heavy atom. The van der Waals surface area contributed by atoms with Crippen molar-refractivity contribution in [2.24, 2.45) is 0 Å². The van der Waals surface area contributed by atoms with Gasteiger partial charge in [-0.2, -0.15) is 4.98 Å². The number of hydrogen-bond acceptors (Lipinski definition) is 6. The zero-order valence-corrected chi connectivity index (χ0v) is 15.2. The Morgan fingerprint density at radius 3 is 2.72 bits per heavy atom. The fraction of sp³-hybridized carbons (Fsp3) is 0.444. The Kier molecular flexibility index (Phi) is 6.30. The summed E-state index contributed by atoms with van der Waals surface area (Å²) in [5.41, 5.74) is 1.17. The molecule has 1 aromatic heterocycles. The Labute approximate surface area is 153 Å². The van der Waals surface area contributed by atoms with E-state index in [1.165, 1.54) is 5.69 Å². The fourth-order valence-electron chi connectivity index (χ4n) is 2.87. The SMILES string of the molecule is COCCCNc1ccnc(N2CCN(c3cccc(Cl)c3)CC2)n1. The maximum atomic E-state index is 6.10. The van der Waals surface area contributed by atoms with E-state index >= 15 is 0 Å². The zero-order valence-electron chi connectivity index (χ0n) is 14.5. The van der Waals surface area contributed by atoms with Crippen LogP contribution in [0.3, 0.4) is 0 Å². The minimum Gasteiger partial charge on any atom is -0.385 e. The molecule has 25 heavy (non-hydrogen) atoms. The first-order valence-corrected chi connectivity index (χ1v) is 8.95. The standard InChI is InChI=1S/C18H24ClN5O/c1-25-13-3-7-20-17-6-8-21-18(22-17)24-11-9-23(10-12-24)16-5-2-4-15(19)14-16/h2,4-6,8,14H,3,7,9-13H2,1H3,(H,20,21,22). The van der Waals surface area contributed by atoms with Crippen molar-refractivity contribution < 1.29 is 4.74 Å². The van der Waals surface area contributed by atoms with E-state index in [1.807, 2.05) is 30.5 Å². The van der Waals surface area contributed by atoms with Gasteiger partial charge in [-0.1, -0.05) is 17.7 Å². The van der Waals surface area contributed by atoms with Crippen molar-refractivity contribution in [3.63, 3.8) is 0 Å². The predicted octanol–water partition coefficient (Wildman–Crippen LogP) is 2.91. The first-order chi connectivity index (χ1) is 12.3. The van der Waals surface area contributed by atoms with Crippen molar-refractivity contribution in [1.82, 2.24) is 9.97 Å². The molecule has 0 aliphatic carbocycles. The summed E-state index contributed by atoms with van der Waals surface area (Å²) < 4.78 is 5.06. The number of piperazine rings is 1. The van der Waals surface area contributed by atoms with Crippen molar-refractivity contribution in [2.45, 2.75) is 6.42 Å². The number of benzene rings is 1. The van der Waals surface area contributed by atoms with Gasteiger partial charge in [-0.05, 0) is 30.7 Å². The third-order valence-corrected chi connectivity index (χ3v) is 4.45. The smallest absolute Gasteiger partial charge is 0.227 e. The maximum absolute atomic E-state index is 6.10. The Balaban J connectivity index is 1.55. The van der Waals surface area contributed by atoms with E-state index in [4.69, 9.17) is 16.3 Å². The monoisotopic (exact) mass is 361 g/mol. The first kappa shape index (κ1) is 17.8. The van der Waals surface area contributed by atoms with Crippen LogP contribution >= 0.6 is 11.6 Å². The highest BCUT2D eigenvalue weighted by Gasteiger charge is 2.19. The predicted molar refractivity (Wildman–Crippen MR) is 103 cm³/mol. The van der Waals surface area contributed by atoms with Crippen LogP contribution in [0.15, 0.2) is 36.5 Å². The number of methoxy groups -OCH3 is 1. The van der Waals surface area contributed by atoms with Crippen LogP contribution in [0, 0.1) is 0 Å². The van der Waals surface area contributed by atoms with E-state index in [2.05, 4.69) is 31.2 Å². The maximum Gasteiger partial charge on any atom is 0.227 e. The highest BCUT2D eigenvalue weighted by Crippen LogP contribution is 2.22. The summed E-state index contributed by atoms with van der Waals surface area (Å²) in [6.45, 7) is 5.22. The van der Waals surface area contributed by atoms with Gasteiger partial charge in [0.1, 0.15) is 5.82 Å². The molecule has 1 N–H and O–H groups in total. The average Bonchev–Trinajstić information content (AvgIpc) is 2.66. The third kappa shape index (κ3) is 4.96.